The largest absolute Gasteiger partial charge is 0.492 e. The highest BCUT2D eigenvalue weighted by Gasteiger charge is 2.16. The Morgan fingerprint density at radius 2 is 1.77 bits per heavy atom. The van der Waals surface area contributed by atoms with Crippen molar-refractivity contribution in [3.63, 3.8) is 0 Å². The predicted octanol–water partition coefficient (Wildman–Crippen LogP) is 3.66. The minimum absolute atomic E-state index is 0.166. The molecule has 116 valence electrons. The van der Waals surface area contributed by atoms with Crippen LogP contribution in [0, 0.1) is 5.82 Å². The number of carbonyl (C=O) groups is 1. The van der Waals surface area contributed by atoms with Gasteiger partial charge in [-0.05, 0) is 38.1 Å². The number of hydrogen-bond donors (Lipinski definition) is 2. The summed E-state index contributed by atoms with van der Waals surface area (Å²) in [4.78, 5) is 12.2. The fourth-order valence-electron chi connectivity index (χ4n) is 1.97. The van der Waals surface area contributed by atoms with Crippen LogP contribution in [-0.4, -0.2) is 18.6 Å². The highest BCUT2D eigenvalue weighted by atomic mass is 19.1. The number of benzene rings is 2. The minimum Gasteiger partial charge on any atom is -0.492 e. The van der Waals surface area contributed by atoms with Crippen LogP contribution in [0.25, 0.3) is 0 Å². The van der Waals surface area contributed by atoms with Gasteiger partial charge in [-0.1, -0.05) is 24.3 Å². The van der Waals surface area contributed by atoms with E-state index >= 15 is 0 Å². The monoisotopic (exact) mass is 302 g/mol. The molecule has 1 atom stereocenters. The van der Waals surface area contributed by atoms with Crippen molar-refractivity contribution in [2.24, 2.45) is 0 Å². The summed E-state index contributed by atoms with van der Waals surface area (Å²) in [5.41, 5.74) is 0.889. The van der Waals surface area contributed by atoms with E-state index < -0.39 is 11.9 Å². The van der Waals surface area contributed by atoms with E-state index in [4.69, 9.17) is 4.74 Å². The summed E-state index contributed by atoms with van der Waals surface area (Å²) in [7, 11) is 0. The maximum Gasteiger partial charge on any atom is 0.246 e. The van der Waals surface area contributed by atoms with Gasteiger partial charge in [-0.15, -0.1) is 0 Å². The molecule has 5 heteroatoms. The number of nitrogens with one attached hydrogen (secondary N) is 2. The standard InChI is InChI=1S/C17H19FN2O2/c1-3-22-16-11-7-6-10-15(16)19-12(2)17(21)20-14-9-5-4-8-13(14)18/h4-12,19H,3H2,1-2H3,(H,20,21). The Morgan fingerprint density at radius 1 is 1.14 bits per heavy atom. The Morgan fingerprint density at radius 3 is 2.45 bits per heavy atom. The summed E-state index contributed by atoms with van der Waals surface area (Å²) >= 11 is 0. The minimum atomic E-state index is -0.541. The molecule has 0 fully saturated rings. The first kappa shape index (κ1) is 15.8. The van der Waals surface area contributed by atoms with Crippen molar-refractivity contribution in [3.8, 4) is 5.75 Å². The van der Waals surface area contributed by atoms with Crippen molar-refractivity contribution in [2.75, 3.05) is 17.2 Å². The summed E-state index contributed by atoms with van der Waals surface area (Å²) in [5.74, 6) is -0.107. The van der Waals surface area contributed by atoms with Crippen LogP contribution in [0.1, 0.15) is 13.8 Å². The van der Waals surface area contributed by atoms with Crippen LogP contribution in [0.3, 0.4) is 0 Å². The molecular formula is C17H19FN2O2. The molecule has 0 radical (unpaired) electrons. The van der Waals surface area contributed by atoms with Crippen molar-refractivity contribution in [2.45, 2.75) is 19.9 Å². The van der Waals surface area contributed by atoms with E-state index in [1.54, 1.807) is 19.1 Å². The molecule has 0 saturated carbocycles. The second-order valence-corrected chi connectivity index (χ2v) is 4.76. The molecular weight excluding hydrogens is 283 g/mol. The van der Waals surface area contributed by atoms with Gasteiger partial charge in [-0.2, -0.15) is 0 Å². The predicted molar refractivity (Wildman–Crippen MR) is 85.7 cm³/mol. The summed E-state index contributed by atoms with van der Waals surface area (Å²) in [6.45, 7) is 4.14. The van der Waals surface area contributed by atoms with E-state index in [1.165, 1.54) is 12.1 Å². The van der Waals surface area contributed by atoms with Gasteiger partial charge < -0.3 is 15.4 Å². The molecule has 4 nitrogen and oxygen atoms in total. The molecule has 0 aromatic heterocycles. The Balaban J connectivity index is 2.04. The van der Waals surface area contributed by atoms with Gasteiger partial charge >= 0.3 is 0 Å². The van der Waals surface area contributed by atoms with Crippen LogP contribution in [0.5, 0.6) is 5.75 Å². The van der Waals surface area contributed by atoms with Gasteiger partial charge in [0.25, 0.3) is 0 Å². The molecule has 0 aliphatic heterocycles. The first-order valence-corrected chi connectivity index (χ1v) is 7.15. The smallest absolute Gasteiger partial charge is 0.246 e. The Hall–Kier alpha value is -2.56. The van der Waals surface area contributed by atoms with Gasteiger partial charge in [-0.25, -0.2) is 4.39 Å². The topological polar surface area (TPSA) is 50.4 Å². The first-order chi connectivity index (χ1) is 10.6. The fraction of sp³-hybridized carbons (Fsp3) is 0.235. The summed E-state index contributed by atoms with van der Waals surface area (Å²) in [5, 5.41) is 5.64. The van der Waals surface area contributed by atoms with Crippen molar-refractivity contribution in [1.82, 2.24) is 0 Å². The normalized spacial score (nSPS) is 11.6. The molecule has 0 aliphatic carbocycles. The number of carbonyl (C=O) groups excluding carboxylic acids is 1. The van der Waals surface area contributed by atoms with Gasteiger partial charge in [0, 0.05) is 0 Å². The van der Waals surface area contributed by atoms with E-state index in [2.05, 4.69) is 10.6 Å². The second-order valence-electron chi connectivity index (χ2n) is 4.76. The van der Waals surface area contributed by atoms with Crippen LogP contribution >= 0.6 is 0 Å². The number of hydrogen-bond acceptors (Lipinski definition) is 3. The average Bonchev–Trinajstić information content (AvgIpc) is 2.51. The zero-order valence-corrected chi connectivity index (χ0v) is 12.6. The Bertz CT molecular complexity index is 646. The molecule has 0 aliphatic rings. The summed E-state index contributed by atoms with van der Waals surface area (Å²) in [6, 6.07) is 12.9. The van der Waals surface area contributed by atoms with Crippen LogP contribution in [0.2, 0.25) is 0 Å². The molecule has 2 aromatic carbocycles. The highest BCUT2D eigenvalue weighted by Crippen LogP contribution is 2.24. The van der Waals surface area contributed by atoms with E-state index in [1.807, 2.05) is 31.2 Å². The van der Waals surface area contributed by atoms with Crippen molar-refractivity contribution >= 4 is 17.3 Å². The average molecular weight is 302 g/mol. The number of ether oxygens (including phenoxy) is 1. The van der Waals surface area contributed by atoms with Crippen molar-refractivity contribution < 1.29 is 13.9 Å². The highest BCUT2D eigenvalue weighted by molar-refractivity contribution is 5.96. The fourth-order valence-corrected chi connectivity index (χ4v) is 1.97. The lowest BCUT2D eigenvalue weighted by Gasteiger charge is -2.18. The zero-order valence-electron chi connectivity index (χ0n) is 12.6. The summed E-state index contributed by atoms with van der Waals surface area (Å²) in [6.07, 6.45) is 0. The van der Waals surface area contributed by atoms with Crippen LogP contribution in [-0.2, 0) is 4.79 Å². The zero-order chi connectivity index (χ0) is 15.9. The Labute approximate surface area is 129 Å². The maximum atomic E-state index is 13.5. The number of anilines is 2. The van der Waals surface area contributed by atoms with Crippen molar-refractivity contribution in [1.29, 1.82) is 0 Å². The van der Waals surface area contributed by atoms with Gasteiger partial charge in [0.2, 0.25) is 5.91 Å². The maximum absolute atomic E-state index is 13.5. The molecule has 0 spiro atoms. The lowest BCUT2D eigenvalue weighted by atomic mass is 10.2. The SMILES string of the molecule is CCOc1ccccc1NC(C)C(=O)Nc1ccccc1F. The van der Waals surface area contributed by atoms with Gasteiger partial charge in [0.05, 0.1) is 18.0 Å². The second kappa shape index (κ2) is 7.45. The van der Waals surface area contributed by atoms with E-state index in [-0.39, 0.29) is 11.6 Å². The summed E-state index contributed by atoms with van der Waals surface area (Å²) < 4.78 is 19.1. The molecule has 2 rings (SSSR count). The molecule has 1 unspecified atom stereocenters. The van der Waals surface area contributed by atoms with E-state index in [0.717, 1.165) is 5.69 Å². The lowest BCUT2D eigenvalue weighted by Crippen LogP contribution is -2.32. The van der Waals surface area contributed by atoms with E-state index in [0.29, 0.717) is 12.4 Å². The molecule has 0 saturated heterocycles. The van der Waals surface area contributed by atoms with Crippen LogP contribution in [0.4, 0.5) is 15.8 Å². The molecule has 2 aromatic rings. The van der Waals surface area contributed by atoms with Gasteiger partial charge in [0.15, 0.2) is 0 Å². The first-order valence-electron chi connectivity index (χ1n) is 7.15. The molecule has 0 bridgehead atoms. The van der Waals surface area contributed by atoms with Crippen LogP contribution in [0.15, 0.2) is 48.5 Å². The van der Waals surface area contributed by atoms with E-state index in [9.17, 15) is 9.18 Å². The number of halogens is 1. The third kappa shape index (κ3) is 3.97. The Kier molecular flexibility index (Phi) is 5.36. The molecule has 1 amide bonds. The number of rotatable bonds is 6. The van der Waals surface area contributed by atoms with Crippen molar-refractivity contribution in [3.05, 3.63) is 54.3 Å². The quantitative estimate of drug-likeness (QED) is 0.856. The molecule has 2 N–H and O–H groups in total. The molecule has 0 heterocycles. The number of amides is 1. The van der Waals surface area contributed by atoms with Gasteiger partial charge in [-0.3, -0.25) is 4.79 Å². The van der Waals surface area contributed by atoms with Gasteiger partial charge in [0.1, 0.15) is 17.6 Å². The third-order valence-corrected chi connectivity index (χ3v) is 3.08. The lowest BCUT2D eigenvalue weighted by molar-refractivity contribution is -0.116. The third-order valence-electron chi connectivity index (χ3n) is 3.08. The molecule has 22 heavy (non-hydrogen) atoms. The number of para-hydroxylation sites is 3. The van der Waals surface area contributed by atoms with Crippen LogP contribution < -0.4 is 15.4 Å².